The second kappa shape index (κ2) is 4.71. The molecule has 0 aliphatic heterocycles. The number of hydrogen-bond donors (Lipinski definition) is 1. The number of aromatic nitrogens is 2. The Morgan fingerprint density at radius 1 is 1.35 bits per heavy atom. The van der Waals surface area contributed by atoms with E-state index in [0.717, 1.165) is 22.5 Å². The van der Waals surface area contributed by atoms with Crippen LogP contribution in [-0.2, 0) is 7.05 Å². The monoisotopic (exact) mass is 248 g/mol. The zero-order chi connectivity index (χ0) is 12.4. The van der Waals surface area contributed by atoms with Gasteiger partial charge in [-0.2, -0.15) is 5.10 Å². The van der Waals surface area contributed by atoms with E-state index >= 15 is 0 Å². The first-order chi connectivity index (χ1) is 8.11. The highest BCUT2D eigenvalue weighted by Crippen LogP contribution is 2.31. The standard InChI is InChI=1S/C12H16N4S/c1-15-8-10(7-14-15)9-4-5-11(13)12(6-9)16(2)17-3/h4-8H,13H2,1-3H3. The Kier molecular flexibility index (Phi) is 3.28. The van der Waals surface area contributed by atoms with Crippen molar-refractivity contribution in [1.82, 2.24) is 9.78 Å². The molecule has 0 aliphatic rings. The molecular weight excluding hydrogens is 232 g/mol. The van der Waals surface area contributed by atoms with Crippen LogP contribution in [0.5, 0.6) is 0 Å². The number of nitrogens with zero attached hydrogens (tertiary/aromatic N) is 3. The third-order valence-electron chi connectivity index (χ3n) is 2.68. The summed E-state index contributed by atoms with van der Waals surface area (Å²) < 4.78 is 3.85. The van der Waals surface area contributed by atoms with Gasteiger partial charge < -0.3 is 10.0 Å². The fraction of sp³-hybridized carbons (Fsp3) is 0.250. The van der Waals surface area contributed by atoms with E-state index in [1.165, 1.54) is 0 Å². The highest BCUT2D eigenvalue weighted by Gasteiger charge is 2.07. The smallest absolute Gasteiger partial charge is 0.0702 e. The maximum atomic E-state index is 5.97. The van der Waals surface area contributed by atoms with E-state index in [9.17, 15) is 0 Å². The van der Waals surface area contributed by atoms with Crippen LogP contribution >= 0.6 is 11.9 Å². The average Bonchev–Trinajstić information content (AvgIpc) is 2.75. The average molecular weight is 248 g/mol. The lowest BCUT2D eigenvalue weighted by molar-refractivity contribution is 0.768. The Labute approximate surface area is 106 Å². The van der Waals surface area contributed by atoms with Crippen molar-refractivity contribution in [3.63, 3.8) is 0 Å². The summed E-state index contributed by atoms with van der Waals surface area (Å²) in [6, 6.07) is 6.04. The van der Waals surface area contributed by atoms with Crippen LogP contribution in [-0.4, -0.2) is 23.1 Å². The molecule has 0 radical (unpaired) electrons. The van der Waals surface area contributed by atoms with E-state index < -0.39 is 0 Å². The molecule has 0 aliphatic carbocycles. The number of nitrogen functional groups attached to an aromatic ring is 1. The lowest BCUT2D eigenvalue weighted by Gasteiger charge is -2.18. The Hall–Kier alpha value is -1.62. The molecule has 90 valence electrons. The fourth-order valence-electron chi connectivity index (χ4n) is 1.66. The fourth-order valence-corrected chi connectivity index (χ4v) is 2.02. The van der Waals surface area contributed by atoms with Crippen LogP contribution in [0.2, 0.25) is 0 Å². The van der Waals surface area contributed by atoms with Crippen molar-refractivity contribution >= 4 is 23.3 Å². The van der Waals surface area contributed by atoms with Crippen LogP contribution in [0.1, 0.15) is 0 Å². The summed E-state index contributed by atoms with van der Waals surface area (Å²) in [5, 5.41) is 4.18. The molecule has 1 heterocycles. The summed E-state index contributed by atoms with van der Waals surface area (Å²) in [5.41, 5.74) is 10.0. The van der Waals surface area contributed by atoms with Crippen molar-refractivity contribution in [3.05, 3.63) is 30.6 Å². The molecule has 2 rings (SSSR count). The Bertz CT molecular complexity index is 521. The highest BCUT2D eigenvalue weighted by atomic mass is 32.2. The second-order valence-corrected chi connectivity index (χ2v) is 4.77. The SMILES string of the molecule is CSN(C)c1cc(-c2cnn(C)c2)ccc1N. The minimum atomic E-state index is 0.787. The molecule has 17 heavy (non-hydrogen) atoms. The zero-order valence-corrected chi connectivity index (χ0v) is 11.0. The number of anilines is 2. The molecule has 0 saturated heterocycles. The maximum Gasteiger partial charge on any atom is 0.0702 e. The van der Waals surface area contributed by atoms with Crippen molar-refractivity contribution in [2.45, 2.75) is 0 Å². The molecule has 2 aromatic rings. The summed E-state index contributed by atoms with van der Waals surface area (Å²) in [5.74, 6) is 0. The van der Waals surface area contributed by atoms with Gasteiger partial charge in [-0.25, -0.2) is 0 Å². The first-order valence-electron chi connectivity index (χ1n) is 5.28. The molecule has 0 fully saturated rings. The van der Waals surface area contributed by atoms with Gasteiger partial charge in [0.05, 0.1) is 17.6 Å². The van der Waals surface area contributed by atoms with Crippen LogP contribution < -0.4 is 10.0 Å². The maximum absolute atomic E-state index is 5.97. The predicted octanol–water partition coefficient (Wildman–Crippen LogP) is 2.38. The molecule has 1 aromatic carbocycles. The van der Waals surface area contributed by atoms with Gasteiger partial charge in [-0.05, 0) is 17.7 Å². The highest BCUT2D eigenvalue weighted by molar-refractivity contribution is 7.99. The summed E-state index contributed by atoms with van der Waals surface area (Å²) >= 11 is 1.63. The van der Waals surface area contributed by atoms with Crippen LogP contribution in [0.15, 0.2) is 30.6 Å². The van der Waals surface area contributed by atoms with Gasteiger partial charge >= 0.3 is 0 Å². The molecule has 0 saturated carbocycles. The largest absolute Gasteiger partial charge is 0.397 e. The zero-order valence-electron chi connectivity index (χ0n) is 10.2. The van der Waals surface area contributed by atoms with Gasteiger partial charge in [0.2, 0.25) is 0 Å². The van der Waals surface area contributed by atoms with Gasteiger partial charge in [-0.1, -0.05) is 18.0 Å². The van der Waals surface area contributed by atoms with E-state index in [-0.39, 0.29) is 0 Å². The molecule has 2 N–H and O–H groups in total. The van der Waals surface area contributed by atoms with Gasteiger partial charge in [0.1, 0.15) is 0 Å². The number of rotatable bonds is 3. The van der Waals surface area contributed by atoms with E-state index in [1.54, 1.807) is 16.6 Å². The van der Waals surface area contributed by atoms with Crippen molar-refractivity contribution < 1.29 is 0 Å². The van der Waals surface area contributed by atoms with Crippen molar-refractivity contribution in [3.8, 4) is 11.1 Å². The van der Waals surface area contributed by atoms with Gasteiger partial charge in [0, 0.05) is 32.1 Å². The third-order valence-corrected chi connectivity index (χ3v) is 3.43. The number of nitrogens with two attached hydrogens (primary N) is 1. The van der Waals surface area contributed by atoms with E-state index in [2.05, 4.69) is 15.5 Å². The predicted molar refractivity (Wildman–Crippen MR) is 75.0 cm³/mol. The Balaban J connectivity index is 2.43. The molecule has 0 unspecified atom stereocenters. The van der Waals surface area contributed by atoms with Crippen LogP contribution in [0.3, 0.4) is 0 Å². The second-order valence-electron chi connectivity index (χ2n) is 3.86. The minimum absolute atomic E-state index is 0.787. The minimum Gasteiger partial charge on any atom is -0.397 e. The molecule has 0 atom stereocenters. The number of aryl methyl sites for hydroxylation is 1. The third kappa shape index (κ3) is 2.39. The molecule has 0 bridgehead atoms. The number of benzene rings is 1. The molecule has 1 aromatic heterocycles. The molecule has 5 heteroatoms. The lowest BCUT2D eigenvalue weighted by atomic mass is 10.1. The van der Waals surface area contributed by atoms with Crippen molar-refractivity contribution in [2.24, 2.45) is 7.05 Å². The Morgan fingerprint density at radius 2 is 2.12 bits per heavy atom. The normalized spacial score (nSPS) is 10.5. The lowest BCUT2D eigenvalue weighted by Crippen LogP contribution is -2.07. The van der Waals surface area contributed by atoms with Crippen LogP contribution in [0, 0.1) is 0 Å². The van der Waals surface area contributed by atoms with Crippen LogP contribution in [0.4, 0.5) is 11.4 Å². The Morgan fingerprint density at radius 3 is 2.71 bits per heavy atom. The first kappa shape index (κ1) is 11.9. The van der Waals surface area contributed by atoms with Gasteiger partial charge in [-0.3, -0.25) is 4.68 Å². The van der Waals surface area contributed by atoms with E-state index in [0.29, 0.717) is 0 Å². The summed E-state index contributed by atoms with van der Waals surface area (Å²) in [6.45, 7) is 0. The first-order valence-corrected chi connectivity index (χ1v) is 6.46. The van der Waals surface area contributed by atoms with E-state index in [1.807, 2.05) is 44.9 Å². The van der Waals surface area contributed by atoms with Gasteiger partial charge in [0.15, 0.2) is 0 Å². The molecule has 0 amide bonds. The van der Waals surface area contributed by atoms with Gasteiger partial charge in [-0.15, -0.1) is 0 Å². The molecule has 0 spiro atoms. The van der Waals surface area contributed by atoms with E-state index in [4.69, 9.17) is 5.73 Å². The topological polar surface area (TPSA) is 47.1 Å². The molecular formula is C12H16N4S. The molecule has 4 nitrogen and oxygen atoms in total. The van der Waals surface area contributed by atoms with Crippen LogP contribution in [0.25, 0.3) is 11.1 Å². The quantitative estimate of drug-likeness (QED) is 0.669. The summed E-state index contributed by atoms with van der Waals surface area (Å²) in [4.78, 5) is 0. The summed E-state index contributed by atoms with van der Waals surface area (Å²) in [7, 11) is 3.92. The van der Waals surface area contributed by atoms with Gasteiger partial charge in [0.25, 0.3) is 0 Å². The number of hydrogen-bond acceptors (Lipinski definition) is 4. The summed E-state index contributed by atoms with van der Waals surface area (Å²) in [6.07, 6.45) is 5.87. The van der Waals surface area contributed by atoms with Crippen molar-refractivity contribution in [2.75, 3.05) is 23.3 Å². The van der Waals surface area contributed by atoms with Crippen molar-refractivity contribution in [1.29, 1.82) is 0 Å².